The van der Waals surface area contributed by atoms with Gasteiger partial charge in [-0.2, -0.15) is 0 Å². The highest BCUT2D eigenvalue weighted by Gasteiger charge is 2.35. The summed E-state index contributed by atoms with van der Waals surface area (Å²) in [6.07, 6.45) is 3.16. The van der Waals surface area contributed by atoms with Crippen LogP contribution in [0.15, 0.2) is 35.4 Å². The van der Waals surface area contributed by atoms with Crippen molar-refractivity contribution >= 4 is 5.95 Å². The van der Waals surface area contributed by atoms with Crippen LogP contribution in [0.1, 0.15) is 0 Å². The van der Waals surface area contributed by atoms with Gasteiger partial charge < -0.3 is 5.32 Å². The van der Waals surface area contributed by atoms with Crippen LogP contribution in [-0.4, -0.2) is 27.0 Å². The van der Waals surface area contributed by atoms with E-state index >= 15 is 0 Å². The molecule has 98 valence electrons. The van der Waals surface area contributed by atoms with Crippen molar-refractivity contribution in [2.45, 2.75) is 12.5 Å². The van der Waals surface area contributed by atoms with Crippen molar-refractivity contribution in [2.24, 2.45) is 0 Å². The van der Waals surface area contributed by atoms with Gasteiger partial charge in [0.05, 0.1) is 18.8 Å². The predicted octanol–water partition coefficient (Wildman–Crippen LogP) is 1.37. The van der Waals surface area contributed by atoms with Gasteiger partial charge in [-0.05, 0) is 12.1 Å². The van der Waals surface area contributed by atoms with Crippen molar-refractivity contribution in [3.8, 4) is 11.3 Å². The molecule has 0 saturated carbocycles. The maximum absolute atomic E-state index is 13.2. The number of alkyl halides is 2. The molecule has 2 aromatic heterocycles. The lowest BCUT2D eigenvalue weighted by Gasteiger charge is -2.26. The van der Waals surface area contributed by atoms with Crippen LogP contribution in [0.5, 0.6) is 0 Å². The lowest BCUT2D eigenvalue weighted by atomic mass is 10.2. The van der Waals surface area contributed by atoms with E-state index in [9.17, 15) is 13.6 Å². The Morgan fingerprint density at radius 1 is 1.32 bits per heavy atom. The summed E-state index contributed by atoms with van der Waals surface area (Å²) in [5, 5.41) is 2.49. The Bertz CT molecular complexity index is 669. The quantitative estimate of drug-likeness (QED) is 0.845. The van der Waals surface area contributed by atoms with Crippen molar-refractivity contribution < 1.29 is 8.78 Å². The summed E-state index contributed by atoms with van der Waals surface area (Å²) in [6.45, 7) is -1.16. The van der Waals surface area contributed by atoms with Crippen LogP contribution >= 0.6 is 0 Å². The van der Waals surface area contributed by atoms with Crippen molar-refractivity contribution in [1.82, 2.24) is 14.5 Å². The molecule has 0 saturated heterocycles. The minimum Gasteiger partial charge on any atom is -0.349 e. The van der Waals surface area contributed by atoms with Crippen LogP contribution in [0.2, 0.25) is 0 Å². The highest BCUT2D eigenvalue weighted by Crippen LogP contribution is 2.24. The van der Waals surface area contributed by atoms with Crippen molar-refractivity contribution in [3.05, 3.63) is 40.9 Å². The van der Waals surface area contributed by atoms with E-state index < -0.39 is 24.6 Å². The van der Waals surface area contributed by atoms with Gasteiger partial charge in [-0.25, -0.2) is 13.8 Å². The number of hydrogen-bond donors (Lipinski definition) is 1. The first-order valence-corrected chi connectivity index (χ1v) is 5.69. The molecule has 0 aromatic carbocycles. The summed E-state index contributed by atoms with van der Waals surface area (Å²) in [7, 11) is 0. The fraction of sp³-hybridized carbons (Fsp3) is 0.250. The number of aromatic nitrogens is 3. The molecule has 1 aliphatic heterocycles. The monoisotopic (exact) mass is 264 g/mol. The first-order valence-electron chi connectivity index (χ1n) is 5.69. The molecule has 0 spiro atoms. The Balaban J connectivity index is 2.09. The summed E-state index contributed by atoms with van der Waals surface area (Å²) >= 11 is 0. The Kier molecular flexibility index (Phi) is 2.55. The number of nitrogens with zero attached hydrogens (tertiary/aromatic N) is 3. The summed E-state index contributed by atoms with van der Waals surface area (Å²) in [5.74, 6) is -2.76. The molecule has 0 radical (unpaired) electrons. The zero-order valence-corrected chi connectivity index (χ0v) is 9.81. The van der Waals surface area contributed by atoms with Crippen LogP contribution in [-0.2, 0) is 6.54 Å². The van der Waals surface area contributed by atoms with E-state index in [1.54, 1.807) is 24.5 Å². The van der Waals surface area contributed by atoms with Crippen LogP contribution in [0, 0.1) is 0 Å². The highest BCUT2D eigenvalue weighted by atomic mass is 19.3. The zero-order chi connectivity index (χ0) is 13.5. The predicted molar refractivity (Wildman–Crippen MR) is 65.2 cm³/mol. The maximum Gasteiger partial charge on any atom is 0.282 e. The van der Waals surface area contributed by atoms with E-state index in [2.05, 4.69) is 15.3 Å². The molecular weight excluding hydrogens is 254 g/mol. The molecule has 3 rings (SSSR count). The third kappa shape index (κ3) is 2.18. The lowest BCUT2D eigenvalue weighted by Crippen LogP contribution is -2.43. The normalized spacial score (nSPS) is 16.5. The molecule has 2 aromatic rings. The van der Waals surface area contributed by atoms with Gasteiger partial charge in [-0.15, -0.1) is 0 Å². The van der Waals surface area contributed by atoms with Crippen molar-refractivity contribution in [2.75, 3.05) is 11.9 Å². The molecule has 5 nitrogen and oxygen atoms in total. The molecule has 1 N–H and O–H groups in total. The fourth-order valence-electron chi connectivity index (χ4n) is 1.96. The van der Waals surface area contributed by atoms with Gasteiger partial charge >= 0.3 is 0 Å². The second-order valence-corrected chi connectivity index (χ2v) is 4.33. The number of anilines is 1. The average molecular weight is 264 g/mol. The molecule has 7 heteroatoms. The van der Waals surface area contributed by atoms with Gasteiger partial charge in [0.2, 0.25) is 5.95 Å². The third-order valence-electron chi connectivity index (χ3n) is 2.88. The first kappa shape index (κ1) is 11.8. The lowest BCUT2D eigenvalue weighted by molar-refractivity contribution is -0.00923. The zero-order valence-electron chi connectivity index (χ0n) is 9.81. The number of nitrogens with one attached hydrogen (secondary N) is 1. The summed E-state index contributed by atoms with van der Waals surface area (Å²) in [4.78, 5) is 20.0. The molecule has 1 aliphatic rings. The Morgan fingerprint density at radius 2 is 2.05 bits per heavy atom. The maximum atomic E-state index is 13.2. The van der Waals surface area contributed by atoms with Gasteiger partial charge in [0.15, 0.2) is 0 Å². The van der Waals surface area contributed by atoms with Crippen LogP contribution in [0.3, 0.4) is 0 Å². The summed E-state index contributed by atoms with van der Waals surface area (Å²) < 4.78 is 27.4. The van der Waals surface area contributed by atoms with E-state index in [1.807, 2.05) is 0 Å². The van der Waals surface area contributed by atoms with Gasteiger partial charge in [0, 0.05) is 24.0 Å². The molecule has 0 amide bonds. The van der Waals surface area contributed by atoms with Gasteiger partial charge in [-0.1, -0.05) is 0 Å². The van der Waals surface area contributed by atoms with E-state index in [0.717, 1.165) is 10.1 Å². The SMILES string of the molecule is O=c1cc(-c2ccncc2)nc2n1CC(F)(F)CN2. The Hall–Kier alpha value is -2.31. The standard InChI is InChI=1S/C12H10F2N4O/c13-12(14)6-16-11-17-9(5-10(19)18(11)7-12)8-1-3-15-4-2-8/h1-5H,6-7H2,(H,16,17). The van der Waals surface area contributed by atoms with Gasteiger partial charge in [0.1, 0.15) is 0 Å². The second-order valence-electron chi connectivity index (χ2n) is 4.33. The van der Waals surface area contributed by atoms with E-state index in [-0.39, 0.29) is 5.95 Å². The minimum atomic E-state index is -2.93. The smallest absolute Gasteiger partial charge is 0.282 e. The first-order chi connectivity index (χ1) is 9.05. The van der Waals surface area contributed by atoms with Gasteiger partial charge in [0.25, 0.3) is 11.5 Å². The molecule has 19 heavy (non-hydrogen) atoms. The Morgan fingerprint density at radius 3 is 2.79 bits per heavy atom. The number of halogens is 2. The van der Waals surface area contributed by atoms with Crippen molar-refractivity contribution in [1.29, 1.82) is 0 Å². The highest BCUT2D eigenvalue weighted by molar-refractivity contribution is 5.59. The molecule has 0 unspecified atom stereocenters. The summed E-state index contributed by atoms with van der Waals surface area (Å²) in [5.41, 5.74) is 0.662. The van der Waals surface area contributed by atoms with Crippen LogP contribution in [0.4, 0.5) is 14.7 Å². The number of pyridine rings is 1. The number of rotatable bonds is 1. The molecule has 0 fully saturated rings. The third-order valence-corrected chi connectivity index (χ3v) is 2.88. The van der Waals surface area contributed by atoms with E-state index in [1.165, 1.54) is 6.07 Å². The van der Waals surface area contributed by atoms with Crippen LogP contribution < -0.4 is 10.9 Å². The van der Waals surface area contributed by atoms with Crippen LogP contribution in [0.25, 0.3) is 11.3 Å². The number of hydrogen-bond acceptors (Lipinski definition) is 4. The fourth-order valence-corrected chi connectivity index (χ4v) is 1.96. The topological polar surface area (TPSA) is 59.8 Å². The minimum absolute atomic E-state index is 0.172. The number of fused-ring (bicyclic) bond motifs is 1. The largest absolute Gasteiger partial charge is 0.349 e. The van der Waals surface area contributed by atoms with Gasteiger partial charge in [-0.3, -0.25) is 14.3 Å². The van der Waals surface area contributed by atoms with E-state index in [4.69, 9.17) is 0 Å². The molecule has 0 bridgehead atoms. The summed E-state index contributed by atoms with van der Waals surface area (Å²) in [6, 6.07) is 4.66. The van der Waals surface area contributed by atoms with Crippen molar-refractivity contribution in [3.63, 3.8) is 0 Å². The molecule has 3 heterocycles. The molecule has 0 atom stereocenters. The van der Waals surface area contributed by atoms with E-state index in [0.29, 0.717) is 5.69 Å². The Labute approximate surface area is 106 Å². The molecule has 0 aliphatic carbocycles. The average Bonchev–Trinajstić information content (AvgIpc) is 2.40. The second kappa shape index (κ2) is 4.11. The molecular formula is C12H10F2N4O.